The Hall–Kier alpha value is -1.40. The summed E-state index contributed by atoms with van der Waals surface area (Å²) < 4.78 is 0.980. The van der Waals surface area contributed by atoms with Crippen LogP contribution in [0.25, 0.3) is 16.3 Å². The molecule has 0 fully saturated rings. The minimum absolute atomic E-state index is 0.829. The van der Waals surface area contributed by atoms with Gasteiger partial charge in [0.05, 0.1) is 16.2 Å². The molecule has 0 saturated heterocycles. The molecule has 0 aliphatic carbocycles. The van der Waals surface area contributed by atoms with Gasteiger partial charge < -0.3 is 9.90 Å². The van der Waals surface area contributed by atoms with Gasteiger partial charge in [0.15, 0.2) is 0 Å². The number of carboxylic acid groups (broad SMARTS) is 1. The lowest BCUT2D eigenvalue weighted by Gasteiger charge is -1.93. The second-order valence-corrected chi connectivity index (χ2v) is 4.78. The normalized spacial score (nSPS) is 11.3. The van der Waals surface area contributed by atoms with Crippen LogP contribution in [0, 0.1) is 0 Å². The van der Waals surface area contributed by atoms with Crippen LogP contribution in [0.1, 0.15) is 4.88 Å². The number of aromatic nitrogens is 2. The first-order valence-electron chi connectivity index (χ1n) is 4.38. The Kier molecular flexibility index (Phi) is 3.21. The van der Waals surface area contributed by atoms with Crippen molar-refractivity contribution in [3.05, 3.63) is 23.3 Å². The van der Waals surface area contributed by atoms with Crippen LogP contribution in [0.5, 0.6) is 0 Å². The molecular weight excluding hydrogens is 244 g/mol. The number of hydrogen-bond acceptors (Lipinski definition) is 6. The number of carbonyl (C=O) groups is 1. The van der Waals surface area contributed by atoms with E-state index in [9.17, 15) is 9.90 Å². The van der Waals surface area contributed by atoms with Crippen molar-refractivity contribution in [1.29, 1.82) is 0 Å². The Morgan fingerprint density at radius 1 is 1.56 bits per heavy atom. The highest BCUT2D eigenvalue weighted by molar-refractivity contribution is 7.98. The highest BCUT2D eigenvalue weighted by atomic mass is 32.2. The Labute approximate surface area is 100 Å². The van der Waals surface area contributed by atoms with Crippen LogP contribution in [0.15, 0.2) is 23.5 Å². The summed E-state index contributed by atoms with van der Waals surface area (Å²) in [5.41, 5.74) is 0.836. The fraction of sp³-hybridized carbons (Fsp3) is 0.100. The van der Waals surface area contributed by atoms with E-state index in [0.717, 1.165) is 26.2 Å². The maximum atomic E-state index is 10.3. The van der Waals surface area contributed by atoms with Gasteiger partial charge in [-0.1, -0.05) is 0 Å². The molecular formula is C10H7N2O2S2-. The lowest BCUT2D eigenvalue weighted by molar-refractivity contribution is -0.297. The zero-order chi connectivity index (χ0) is 11.5. The quantitative estimate of drug-likeness (QED) is 0.465. The molecule has 2 aromatic heterocycles. The molecule has 0 aliphatic heterocycles. The van der Waals surface area contributed by atoms with Crippen LogP contribution in [0.3, 0.4) is 0 Å². The SMILES string of the molecule is CSc1ncnc2cc(/C=C/C(=O)[O-])sc12. The van der Waals surface area contributed by atoms with Crippen molar-refractivity contribution in [1.82, 2.24) is 9.97 Å². The van der Waals surface area contributed by atoms with Crippen molar-refractivity contribution < 1.29 is 9.90 Å². The summed E-state index contributed by atoms with van der Waals surface area (Å²) in [7, 11) is 0. The number of nitrogens with zero attached hydrogens (tertiary/aromatic N) is 2. The lowest BCUT2D eigenvalue weighted by Crippen LogP contribution is -2.18. The van der Waals surface area contributed by atoms with Crippen molar-refractivity contribution in [2.45, 2.75) is 5.03 Å². The van der Waals surface area contributed by atoms with E-state index in [1.165, 1.54) is 23.7 Å². The summed E-state index contributed by atoms with van der Waals surface area (Å²) in [6.07, 6.45) is 5.97. The van der Waals surface area contributed by atoms with E-state index in [0.29, 0.717) is 0 Å². The highest BCUT2D eigenvalue weighted by Crippen LogP contribution is 2.31. The predicted octanol–water partition coefficient (Wildman–Crippen LogP) is 1.18. The molecule has 2 rings (SSSR count). The molecule has 0 unspecified atom stereocenters. The van der Waals surface area contributed by atoms with Gasteiger partial charge in [-0.05, 0) is 24.5 Å². The van der Waals surface area contributed by atoms with Gasteiger partial charge >= 0.3 is 0 Å². The number of carbonyl (C=O) groups excluding carboxylic acids is 1. The maximum absolute atomic E-state index is 10.3. The smallest absolute Gasteiger partial charge is 0.117 e. The topological polar surface area (TPSA) is 65.9 Å². The third-order valence-corrected chi connectivity index (χ3v) is 3.80. The van der Waals surface area contributed by atoms with Crippen molar-refractivity contribution in [3.63, 3.8) is 0 Å². The standard InChI is InChI=1S/C10H8N2O2S2/c1-15-10-9-7(11-5-12-10)4-6(16-9)2-3-8(13)14/h2-5H,1H3,(H,13,14)/p-1/b3-2+. The monoisotopic (exact) mass is 251 g/mol. The molecule has 0 N–H and O–H groups in total. The number of thiophene rings is 1. The van der Waals surface area contributed by atoms with E-state index < -0.39 is 5.97 Å². The van der Waals surface area contributed by atoms with Gasteiger partial charge in [0.1, 0.15) is 11.4 Å². The summed E-state index contributed by atoms with van der Waals surface area (Å²) >= 11 is 3.01. The summed E-state index contributed by atoms with van der Waals surface area (Å²) in [5, 5.41) is 11.2. The molecule has 6 heteroatoms. The molecule has 0 aliphatic rings. The summed E-state index contributed by atoms with van der Waals surface area (Å²) in [6.45, 7) is 0. The van der Waals surface area contributed by atoms with E-state index in [4.69, 9.17) is 0 Å². The molecule has 0 amide bonds. The van der Waals surface area contributed by atoms with Gasteiger partial charge in [0.2, 0.25) is 0 Å². The Bertz CT molecular complexity index is 563. The van der Waals surface area contributed by atoms with Crippen LogP contribution in [-0.2, 0) is 4.79 Å². The van der Waals surface area contributed by atoms with Gasteiger partial charge in [-0.25, -0.2) is 9.97 Å². The lowest BCUT2D eigenvalue weighted by atomic mass is 10.4. The molecule has 0 spiro atoms. The molecule has 82 valence electrons. The molecule has 0 radical (unpaired) electrons. The fourth-order valence-electron chi connectivity index (χ4n) is 1.23. The minimum Gasteiger partial charge on any atom is -0.545 e. The largest absolute Gasteiger partial charge is 0.545 e. The molecule has 0 bridgehead atoms. The zero-order valence-electron chi connectivity index (χ0n) is 8.34. The third kappa shape index (κ3) is 2.23. The maximum Gasteiger partial charge on any atom is 0.117 e. The number of carboxylic acids is 1. The number of aliphatic carboxylic acids is 1. The summed E-state index contributed by atoms with van der Waals surface area (Å²) in [4.78, 5) is 19.4. The van der Waals surface area contributed by atoms with Gasteiger partial charge in [0, 0.05) is 4.88 Å². The van der Waals surface area contributed by atoms with E-state index in [-0.39, 0.29) is 0 Å². The van der Waals surface area contributed by atoms with Gasteiger partial charge in [-0.15, -0.1) is 23.1 Å². The van der Waals surface area contributed by atoms with E-state index in [2.05, 4.69) is 9.97 Å². The Balaban J connectivity index is 2.47. The molecule has 2 aromatic rings. The summed E-state index contributed by atoms with van der Waals surface area (Å²) in [6, 6.07) is 1.83. The van der Waals surface area contributed by atoms with Crippen LogP contribution in [0.4, 0.5) is 0 Å². The van der Waals surface area contributed by atoms with Crippen LogP contribution < -0.4 is 5.11 Å². The second kappa shape index (κ2) is 4.63. The molecule has 0 atom stereocenters. The average Bonchev–Trinajstić information content (AvgIpc) is 2.68. The zero-order valence-corrected chi connectivity index (χ0v) is 9.97. The molecule has 0 saturated carbocycles. The van der Waals surface area contributed by atoms with Gasteiger partial charge in [-0.3, -0.25) is 0 Å². The first kappa shape index (κ1) is 11.1. The fourth-order valence-corrected chi connectivity index (χ4v) is 2.94. The summed E-state index contributed by atoms with van der Waals surface area (Å²) in [5.74, 6) is -1.20. The van der Waals surface area contributed by atoms with Gasteiger partial charge in [-0.2, -0.15) is 0 Å². The molecule has 16 heavy (non-hydrogen) atoms. The van der Waals surface area contributed by atoms with Crippen LogP contribution in [-0.4, -0.2) is 22.2 Å². The predicted molar refractivity (Wildman–Crippen MR) is 63.2 cm³/mol. The highest BCUT2D eigenvalue weighted by Gasteiger charge is 2.06. The average molecular weight is 251 g/mol. The van der Waals surface area contributed by atoms with Gasteiger partial charge in [0.25, 0.3) is 0 Å². The Morgan fingerprint density at radius 2 is 2.38 bits per heavy atom. The van der Waals surface area contributed by atoms with Crippen molar-refractivity contribution >= 4 is 45.4 Å². The number of thioether (sulfide) groups is 1. The third-order valence-electron chi connectivity index (χ3n) is 1.87. The van der Waals surface area contributed by atoms with E-state index in [1.807, 2.05) is 12.3 Å². The first-order valence-corrected chi connectivity index (χ1v) is 6.42. The van der Waals surface area contributed by atoms with Crippen molar-refractivity contribution in [2.75, 3.05) is 6.26 Å². The second-order valence-electron chi connectivity index (χ2n) is 2.90. The van der Waals surface area contributed by atoms with Crippen molar-refractivity contribution in [2.24, 2.45) is 0 Å². The number of rotatable bonds is 3. The number of hydrogen-bond donors (Lipinski definition) is 0. The molecule has 4 nitrogen and oxygen atoms in total. The Morgan fingerprint density at radius 3 is 3.06 bits per heavy atom. The van der Waals surface area contributed by atoms with Crippen LogP contribution in [0.2, 0.25) is 0 Å². The molecule has 2 heterocycles. The molecule has 0 aromatic carbocycles. The number of fused-ring (bicyclic) bond motifs is 1. The van der Waals surface area contributed by atoms with Crippen LogP contribution >= 0.6 is 23.1 Å². The van der Waals surface area contributed by atoms with Crippen molar-refractivity contribution in [3.8, 4) is 0 Å². The van der Waals surface area contributed by atoms with E-state index in [1.54, 1.807) is 11.8 Å². The minimum atomic E-state index is -1.20. The first-order chi connectivity index (χ1) is 7.70. The van der Waals surface area contributed by atoms with E-state index >= 15 is 0 Å².